The van der Waals surface area contributed by atoms with E-state index in [2.05, 4.69) is 64.9 Å². The molecule has 3 heteroatoms. The maximum Gasteiger partial charge on any atom is 0.137 e. The molecule has 0 aliphatic heterocycles. The summed E-state index contributed by atoms with van der Waals surface area (Å²) in [6.07, 6.45) is 4.90. The van der Waals surface area contributed by atoms with Crippen LogP contribution >= 0.6 is 0 Å². The van der Waals surface area contributed by atoms with Crippen molar-refractivity contribution in [3.05, 3.63) is 60.4 Å². The number of imidazole rings is 1. The van der Waals surface area contributed by atoms with E-state index in [1.165, 1.54) is 16.8 Å². The molecule has 1 unspecified atom stereocenters. The minimum absolute atomic E-state index is 0.512. The molecule has 108 valence electrons. The second-order valence-corrected chi connectivity index (χ2v) is 5.43. The lowest BCUT2D eigenvalue weighted by Crippen LogP contribution is -2.27. The zero-order chi connectivity index (χ0) is 14.7. The van der Waals surface area contributed by atoms with Gasteiger partial charge in [-0.3, -0.25) is 4.40 Å². The van der Waals surface area contributed by atoms with Crippen molar-refractivity contribution in [3.63, 3.8) is 0 Å². The topological polar surface area (TPSA) is 29.3 Å². The molecule has 0 spiro atoms. The highest BCUT2D eigenvalue weighted by molar-refractivity contribution is 5.63. The summed E-state index contributed by atoms with van der Waals surface area (Å²) in [5, 5.41) is 3.45. The molecule has 0 bridgehead atoms. The Hall–Kier alpha value is -2.13. The van der Waals surface area contributed by atoms with E-state index < -0.39 is 0 Å². The van der Waals surface area contributed by atoms with E-state index in [0.717, 1.165) is 18.6 Å². The fraction of sp³-hybridized carbons (Fsp3) is 0.278. The summed E-state index contributed by atoms with van der Waals surface area (Å²) >= 11 is 0. The number of fused-ring (bicyclic) bond motifs is 1. The van der Waals surface area contributed by atoms with Crippen LogP contribution in [0.15, 0.2) is 54.9 Å². The molecule has 1 atom stereocenters. The molecule has 2 heterocycles. The lowest BCUT2D eigenvalue weighted by Gasteiger charge is -2.12. The summed E-state index contributed by atoms with van der Waals surface area (Å²) in [4.78, 5) is 4.34. The van der Waals surface area contributed by atoms with E-state index in [0.29, 0.717) is 6.04 Å². The molecule has 0 fully saturated rings. The van der Waals surface area contributed by atoms with Crippen molar-refractivity contribution in [1.29, 1.82) is 0 Å². The van der Waals surface area contributed by atoms with E-state index in [1.807, 2.05) is 18.5 Å². The highest BCUT2D eigenvalue weighted by Crippen LogP contribution is 2.21. The third-order valence-electron chi connectivity index (χ3n) is 3.77. The van der Waals surface area contributed by atoms with E-state index in [9.17, 15) is 0 Å². The largest absolute Gasteiger partial charge is 0.314 e. The Labute approximate surface area is 125 Å². The number of pyridine rings is 1. The quantitative estimate of drug-likeness (QED) is 0.774. The van der Waals surface area contributed by atoms with Crippen LogP contribution in [0.3, 0.4) is 0 Å². The van der Waals surface area contributed by atoms with Gasteiger partial charge in [0.15, 0.2) is 0 Å². The van der Waals surface area contributed by atoms with Crippen LogP contribution in [0, 0.1) is 0 Å². The lowest BCUT2D eigenvalue weighted by atomic mass is 10.0. The highest BCUT2D eigenvalue weighted by atomic mass is 15.0. The number of hydrogen-bond acceptors (Lipinski definition) is 2. The Morgan fingerprint density at radius 3 is 2.71 bits per heavy atom. The first-order valence-electron chi connectivity index (χ1n) is 7.52. The van der Waals surface area contributed by atoms with Crippen LogP contribution in [-0.4, -0.2) is 22.0 Å². The van der Waals surface area contributed by atoms with Crippen LogP contribution in [0.5, 0.6) is 0 Å². The molecule has 0 radical (unpaired) electrons. The van der Waals surface area contributed by atoms with Crippen molar-refractivity contribution in [1.82, 2.24) is 14.7 Å². The van der Waals surface area contributed by atoms with Crippen molar-refractivity contribution in [2.24, 2.45) is 0 Å². The Balaban J connectivity index is 1.85. The summed E-state index contributed by atoms with van der Waals surface area (Å²) in [6, 6.07) is 15.6. The molecule has 3 nitrogen and oxygen atoms in total. The molecule has 21 heavy (non-hydrogen) atoms. The van der Waals surface area contributed by atoms with Crippen molar-refractivity contribution in [2.45, 2.75) is 26.3 Å². The summed E-state index contributed by atoms with van der Waals surface area (Å²) in [5.74, 6) is 0. The lowest BCUT2D eigenvalue weighted by molar-refractivity contribution is 0.565. The number of aromatic nitrogens is 2. The smallest absolute Gasteiger partial charge is 0.137 e. The molecule has 1 aromatic carbocycles. The first kappa shape index (κ1) is 13.8. The number of hydrogen-bond donors (Lipinski definition) is 1. The average molecular weight is 279 g/mol. The van der Waals surface area contributed by atoms with Gasteiger partial charge in [0.25, 0.3) is 0 Å². The summed E-state index contributed by atoms with van der Waals surface area (Å²) < 4.78 is 2.12. The minimum atomic E-state index is 0.512. The van der Waals surface area contributed by atoms with Crippen LogP contribution in [0.4, 0.5) is 0 Å². The van der Waals surface area contributed by atoms with E-state index in [4.69, 9.17) is 0 Å². The molecule has 3 aromatic rings. The van der Waals surface area contributed by atoms with Gasteiger partial charge in [0, 0.05) is 18.4 Å². The third kappa shape index (κ3) is 2.98. The molecule has 3 rings (SSSR count). The van der Waals surface area contributed by atoms with E-state index in [1.54, 1.807) is 0 Å². The van der Waals surface area contributed by atoms with Gasteiger partial charge in [-0.15, -0.1) is 0 Å². The molecule has 0 aliphatic rings. The normalized spacial score (nSPS) is 12.7. The van der Waals surface area contributed by atoms with Gasteiger partial charge in [0.1, 0.15) is 5.65 Å². The van der Waals surface area contributed by atoms with Crippen LogP contribution in [0.25, 0.3) is 16.9 Å². The second-order valence-electron chi connectivity index (χ2n) is 5.43. The van der Waals surface area contributed by atoms with Crippen LogP contribution in [0.1, 0.15) is 19.4 Å². The Bertz CT molecular complexity index is 713. The Morgan fingerprint density at radius 2 is 1.95 bits per heavy atom. The van der Waals surface area contributed by atoms with Gasteiger partial charge in [-0.2, -0.15) is 0 Å². The molecule has 0 aliphatic carbocycles. The van der Waals surface area contributed by atoms with Gasteiger partial charge in [0.05, 0.1) is 5.69 Å². The predicted octanol–water partition coefficient (Wildman–Crippen LogP) is 3.54. The second kappa shape index (κ2) is 6.10. The number of rotatable bonds is 5. The summed E-state index contributed by atoms with van der Waals surface area (Å²) in [5.41, 5.74) is 4.75. The number of nitrogens with one attached hydrogen (secondary N) is 1. The molecule has 0 saturated heterocycles. The SMILES string of the molecule is CCNC(C)Cc1ccc(-c2cccc3nccn23)cc1. The first-order valence-corrected chi connectivity index (χ1v) is 7.52. The molecular weight excluding hydrogens is 258 g/mol. The number of likely N-dealkylation sites (N-methyl/N-ethyl adjacent to an activating group) is 1. The predicted molar refractivity (Wildman–Crippen MR) is 87.5 cm³/mol. The average Bonchev–Trinajstić information content (AvgIpc) is 2.97. The standard InChI is InChI=1S/C18H21N3/c1-3-19-14(2)13-15-7-9-16(10-8-15)17-5-4-6-18-20-11-12-21(17)18/h4-12,14,19H,3,13H2,1-2H3. The fourth-order valence-electron chi connectivity index (χ4n) is 2.77. The summed E-state index contributed by atoms with van der Waals surface area (Å²) in [7, 11) is 0. The van der Waals surface area contributed by atoms with Gasteiger partial charge >= 0.3 is 0 Å². The van der Waals surface area contributed by atoms with Crippen molar-refractivity contribution < 1.29 is 0 Å². The minimum Gasteiger partial charge on any atom is -0.314 e. The monoisotopic (exact) mass is 279 g/mol. The van der Waals surface area contributed by atoms with Crippen molar-refractivity contribution in [3.8, 4) is 11.3 Å². The Morgan fingerprint density at radius 1 is 1.14 bits per heavy atom. The number of benzene rings is 1. The molecule has 2 aromatic heterocycles. The molecule has 0 saturated carbocycles. The van der Waals surface area contributed by atoms with Crippen LogP contribution in [0.2, 0.25) is 0 Å². The maximum atomic E-state index is 4.34. The Kier molecular flexibility index (Phi) is 4.02. The zero-order valence-corrected chi connectivity index (χ0v) is 12.6. The maximum absolute atomic E-state index is 4.34. The van der Waals surface area contributed by atoms with E-state index in [-0.39, 0.29) is 0 Å². The molecule has 0 amide bonds. The van der Waals surface area contributed by atoms with Gasteiger partial charge in [-0.1, -0.05) is 37.3 Å². The van der Waals surface area contributed by atoms with Crippen molar-refractivity contribution in [2.75, 3.05) is 6.54 Å². The van der Waals surface area contributed by atoms with Crippen molar-refractivity contribution >= 4 is 5.65 Å². The third-order valence-corrected chi connectivity index (χ3v) is 3.77. The number of nitrogens with zero attached hydrogens (tertiary/aromatic N) is 2. The first-order chi connectivity index (χ1) is 10.3. The van der Waals surface area contributed by atoms with Gasteiger partial charge in [-0.05, 0) is 43.1 Å². The van der Waals surface area contributed by atoms with Gasteiger partial charge in [0.2, 0.25) is 0 Å². The highest BCUT2D eigenvalue weighted by Gasteiger charge is 2.05. The summed E-state index contributed by atoms with van der Waals surface area (Å²) in [6.45, 7) is 5.39. The molecular formula is C18H21N3. The van der Waals surface area contributed by atoms with Crippen LogP contribution < -0.4 is 5.32 Å². The van der Waals surface area contributed by atoms with E-state index >= 15 is 0 Å². The van der Waals surface area contributed by atoms with Crippen LogP contribution in [-0.2, 0) is 6.42 Å². The molecule has 1 N–H and O–H groups in total. The zero-order valence-electron chi connectivity index (χ0n) is 12.6. The van der Waals surface area contributed by atoms with Gasteiger partial charge < -0.3 is 5.32 Å². The fourth-order valence-corrected chi connectivity index (χ4v) is 2.77. The van der Waals surface area contributed by atoms with Gasteiger partial charge in [-0.25, -0.2) is 4.98 Å².